The minimum atomic E-state index is -0.925. The standard InChI is InChI=1S/C30H27ClF2N8O2S/c1-13(15-6-3-9-37-27(15)35)38-29-21-24(39-30(40-29)43-12-14-5-4-10-41(14)2)23(33)20(22(31)25(21)42)16-7-8-18(32)26-19(16)17(11-34)28(36)44-26/h3,6-9,13-14,42H,4-5,10,12,36H2,1-2H3,(H2,35,37)(H,38,39,40)/t13-,14+/m1/s1. The summed E-state index contributed by atoms with van der Waals surface area (Å²) in [7, 11) is 2.00. The van der Waals surface area contributed by atoms with Crippen LogP contribution in [0.2, 0.25) is 5.02 Å². The number of thiophene rings is 1. The number of rotatable bonds is 7. The van der Waals surface area contributed by atoms with Gasteiger partial charge in [0.15, 0.2) is 5.82 Å². The van der Waals surface area contributed by atoms with Gasteiger partial charge in [0, 0.05) is 28.8 Å². The molecule has 1 fully saturated rings. The van der Waals surface area contributed by atoms with Crippen LogP contribution in [0.25, 0.3) is 32.1 Å². The number of hydrogen-bond acceptors (Lipinski definition) is 11. The smallest absolute Gasteiger partial charge is 0.319 e. The molecule has 1 aliphatic rings. The number of pyridine rings is 1. The van der Waals surface area contributed by atoms with Gasteiger partial charge >= 0.3 is 6.01 Å². The molecular formula is C30H27ClF2N8O2S. The summed E-state index contributed by atoms with van der Waals surface area (Å²) in [5.41, 5.74) is 12.2. The zero-order valence-electron chi connectivity index (χ0n) is 23.7. The van der Waals surface area contributed by atoms with Crippen molar-refractivity contribution in [3.8, 4) is 29.0 Å². The normalized spacial score (nSPS) is 16.0. The van der Waals surface area contributed by atoms with E-state index in [9.17, 15) is 14.8 Å². The van der Waals surface area contributed by atoms with E-state index in [-0.39, 0.29) is 78.0 Å². The molecule has 1 aliphatic heterocycles. The second kappa shape index (κ2) is 11.5. The number of phenolic OH excluding ortho intramolecular Hbond substituents is 1. The number of nitrogens with zero attached hydrogens (tertiary/aromatic N) is 5. The highest BCUT2D eigenvalue weighted by atomic mass is 35.5. The first-order chi connectivity index (χ1) is 21.1. The first-order valence-corrected chi connectivity index (χ1v) is 14.9. The fraction of sp³-hybridized carbons (Fsp3) is 0.267. The van der Waals surface area contributed by atoms with Crippen molar-refractivity contribution >= 4 is 60.6 Å². The van der Waals surface area contributed by atoms with Gasteiger partial charge in [0.1, 0.15) is 46.4 Å². The molecule has 2 aromatic carbocycles. The number of nitrogens with two attached hydrogens (primary N) is 2. The fourth-order valence-corrected chi connectivity index (χ4v) is 6.85. The predicted molar refractivity (Wildman–Crippen MR) is 168 cm³/mol. The fourth-order valence-electron chi connectivity index (χ4n) is 5.62. The molecule has 0 spiro atoms. The van der Waals surface area contributed by atoms with E-state index in [0.717, 1.165) is 36.8 Å². The first kappa shape index (κ1) is 29.6. The molecule has 0 saturated carbocycles. The molecule has 5 aromatic rings. The molecule has 10 nitrogen and oxygen atoms in total. The Kier molecular flexibility index (Phi) is 7.75. The van der Waals surface area contributed by atoms with Crippen LogP contribution < -0.4 is 21.5 Å². The van der Waals surface area contributed by atoms with Crippen molar-refractivity contribution in [3.05, 3.63) is 58.2 Å². The molecule has 14 heteroatoms. The van der Waals surface area contributed by atoms with Crippen molar-refractivity contribution in [1.82, 2.24) is 19.9 Å². The summed E-state index contributed by atoms with van der Waals surface area (Å²) in [5, 5.41) is 24.1. The van der Waals surface area contributed by atoms with Crippen LogP contribution in [0.3, 0.4) is 0 Å². The van der Waals surface area contributed by atoms with Crippen molar-refractivity contribution in [3.63, 3.8) is 0 Å². The molecule has 0 amide bonds. The van der Waals surface area contributed by atoms with Crippen LogP contribution in [0.1, 0.15) is 36.9 Å². The summed E-state index contributed by atoms with van der Waals surface area (Å²) < 4.78 is 37.6. The van der Waals surface area contributed by atoms with Gasteiger partial charge in [0.25, 0.3) is 0 Å². The summed E-state index contributed by atoms with van der Waals surface area (Å²) in [6, 6.07) is 7.41. The Hall–Kier alpha value is -4.51. The maximum Gasteiger partial charge on any atom is 0.319 e. The van der Waals surface area contributed by atoms with Gasteiger partial charge in [-0.1, -0.05) is 23.7 Å². The zero-order valence-corrected chi connectivity index (χ0v) is 25.2. The van der Waals surface area contributed by atoms with Gasteiger partial charge in [-0.05, 0) is 51.1 Å². The SMILES string of the molecule is C[C@@H](Nc1nc(OC[C@@H]2CCCN2C)nc2c(F)c(-c3ccc(F)c4sc(N)c(C#N)c34)c(Cl)c(O)c12)c1cccnc1N. The van der Waals surface area contributed by atoms with Gasteiger partial charge in [-0.15, -0.1) is 11.3 Å². The maximum absolute atomic E-state index is 16.7. The van der Waals surface area contributed by atoms with Crippen LogP contribution in [-0.2, 0) is 0 Å². The molecule has 4 heterocycles. The second-order valence-corrected chi connectivity index (χ2v) is 12.0. The molecule has 0 bridgehead atoms. The number of phenols is 1. The third-order valence-electron chi connectivity index (χ3n) is 7.95. The number of nitrogen functional groups attached to an aromatic ring is 2. The molecule has 3 aromatic heterocycles. The number of hydrogen-bond donors (Lipinski definition) is 4. The average molecular weight is 637 g/mol. The number of aromatic hydroxyl groups is 1. The Morgan fingerprint density at radius 1 is 1.27 bits per heavy atom. The number of aromatic nitrogens is 3. The van der Waals surface area contributed by atoms with Gasteiger partial charge < -0.3 is 31.5 Å². The predicted octanol–water partition coefficient (Wildman–Crippen LogP) is 6.23. The lowest BCUT2D eigenvalue weighted by Crippen LogP contribution is -2.31. The minimum absolute atomic E-state index is 0.0211. The summed E-state index contributed by atoms with van der Waals surface area (Å²) in [5.74, 6) is -1.74. The van der Waals surface area contributed by atoms with Gasteiger partial charge in [0.2, 0.25) is 0 Å². The van der Waals surface area contributed by atoms with Crippen molar-refractivity contribution in [2.75, 3.05) is 37.0 Å². The van der Waals surface area contributed by atoms with Gasteiger partial charge in [-0.3, -0.25) is 0 Å². The number of benzene rings is 2. The maximum atomic E-state index is 16.7. The van der Waals surface area contributed by atoms with Crippen LogP contribution in [-0.4, -0.2) is 51.2 Å². The largest absolute Gasteiger partial charge is 0.506 e. The second-order valence-electron chi connectivity index (χ2n) is 10.6. The average Bonchev–Trinajstić information content (AvgIpc) is 3.58. The molecular weight excluding hydrogens is 610 g/mol. The number of likely N-dealkylation sites (tertiary alicyclic amines) is 1. The monoisotopic (exact) mass is 636 g/mol. The van der Waals surface area contributed by atoms with Crippen LogP contribution >= 0.6 is 22.9 Å². The number of anilines is 3. The Morgan fingerprint density at radius 2 is 2.07 bits per heavy atom. The van der Waals surface area contributed by atoms with Crippen LogP contribution in [0.4, 0.5) is 25.4 Å². The zero-order chi connectivity index (χ0) is 31.3. The quantitative estimate of drug-likeness (QED) is 0.161. The topological polar surface area (TPSA) is 159 Å². The lowest BCUT2D eigenvalue weighted by molar-refractivity contribution is 0.188. The minimum Gasteiger partial charge on any atom is -0.506 e. The van der Waals surface area contributed by atoms with E-state index in [2.05, 4.69) is 25.2 Å². The summed E-state index contributed by atoms with van der Waals surface area (Å²) >= 11 is 7.53. The third kappa shape index (κ3) is 4.94. The van der Waals surface area contributed by atoms with E-state index in [1.54, 1.807) is 25.3 Å². The van der Waals surface area contributed by atoms with E-state index >= 15 is 4.39 Å². The molecule has 2 atom stereocenters. The molecule has 6 rings (SSSR count). The van der Waals surface area contributed by atoms with Crippen molar-refractivity contribution < 1.29 is 18.6 Å². The van der Waals surface area contributed by atoms with Crippen molar-refractivity contribution in [2.24, 2.45) is 0 Å². The molecule has 6 N–H and O–H groups in total. The summed E-state index contributed by atoms with van der Waals surface area (Å²) in [4.78, 5) is 15.2. The highest BCUT2D eigenvalue weighted by Crippen LogP contribution is 2.49. The number of halogens is 3. The van der Waals surface area contributed by atoms with Gasteiger partial charge in [-0.2, -0.15) is 15.2 Å². The third-order valence-corrected chi connectivity index (χ3v) is 9.34. The Labute approximate surface area is 259 Å². The highest BCUT2D eigenvalue weighted by Gasteiger charge is 2.29. The van der Waals surface area contributed by atoms with Crippen LogP contribution in [0.5, 0.6) is 11.8 Å². The van der Waals surface area contributed by atoms with E-state index in [1.165, 1.54) is 6.07 Å². The van der Waals surface area contributed by atoms with E-state index < -0.39 is 23.4 Å². The molecule has 0 radical (unpaired) electrons. The van der Waals surface area contributed by atoms with E-state index in [4.69, 9.17) is 27.8 Å². The Morgan fingerprint density at radius 3 is 2.77 bits per heavy atom. The lowest BCUT2D eigenvalue weighted by Gasteiger charge is -2.21. The van der Waals surface area contributed by atoms with Gasteiger partial charge in [0.05, 0.1) is 26.7 Å². The number of nitriles is 1. The Balaban J connectivity index is 1.57. The number of likely N-dealkylation sites (N-methyl/N-ethyl adjacent to an activating group) is 1. The Bertz CT molecular complexity index is 1980. The summed E-state index contributed by atoms with van der Waals surface area (Å²) in [6.45, 7) is 3.00. The number of fused-ring (bicyclic) bond motifs is 2. The van der Waals surface area contributed by atoms with Crippen LogP contribution in [0.15, 0.2) is 30.5 Å². The van der Waals surface area contributed by atoms with Crippen molar-refractivity contribution in [1.29, 1.82) is 5.26 Å². The number of ether oxygens (including phenoxy) is 1. The first-order valence-electron chi connectivity index (χ1n) is 13.7. The lowest BCUT2D eigenvalue weighted by atomic mass is 9.96. The van der Waals surface area contributed by atoms with Crippen molar-refractivity contribution in [2.45, 2.75) is 31.8 Å². The molecule has 0 unspecified atom stereocenters. The molecule has 226 valence electrons. The van der Waals surface area contributed by atoms with Gasteiger partial charge in [-0.25, -0.2) is 13.8 Å². The molecule has 1 saturated heterocycles. The summed E-state index contributed by atoms with van der Waals surface area (Å²) in [6.07, 6.45) is 3.51. The highest BCUT2D eigenvalue weighted by molar-refractivity contribution is 7.23. The van der Waals surface area contributed by atoms with Crippen LogP contribution in [0, 0.1) is 23.0 Å². The number of nitrogens with one attached hydrogen (secondary N) is 1. The van der Waals surface area contributed by atoms with E-state index in [1.807, 2.05) is 13.1 Å². The molecule has 44 heavy (non-hydrogen) atoms. The van der Waals surface area contributed by atoms with E-state index in [0.29, 0.717) is 5.56 Å². The molecule has 0 aliphatic carbocycles.